The molecule has 0 fully saturated rings. The molecule has 0 aliphatic heterocycles. The fraction of sp³-hybridized carbons (Fsp3) is 0.933. The third kappa shape index (κ3) is 39.5. The molecule has 0 heterocycles. The van der Waals surface area contributed by atoms with Crippen LogP contribution in [0.2, 0.25) is 0 Å². The molecule has 1 atom stereocenters. The van der Waals surface area contributed by atoms with Gasteiger partial charge in [-0.25, -0.2) is 0 Å². The zero-order chi connectivity index (χ0) is 37.5. The van der Waals surface area contributed by atoms with E-state index in [0.29, 0.717) is 19.3 Å². The summed E-state index contributed by atoms with van der Waals surface area (Å²) < 4.78 is 16.7. The lowest BCUT2D eigenvalue weighted by atomic mass is 10.0. The van der Waals surface area contributed by atoms with Gasteiger partial charge < -0.3 is 14.2 Å². The van der Waals surface area contributed by atoms with Gasteiger partial charge in [0.25, 0.3) is 0 Å². The van der Waals surface area contributed by atoms with E-state index < -0.39 is 6.10 Å². The van der Waals surface area contributed by atoms with Gasteiger partial charge in [-0.2, -0.15) is 0 Å². The molecular formula is C45H86O6. The van der Waals surface area contributed by atoms with Gasteiger partial charge in [-0.15, -0.1) is 0 Å². The Morgan fingerprint density at radius 2 is 0.647 bits per heavy atom. The maximum atomic E-state index is 12.7. The molecule has 302 valence electrons. The van der Waals surface area contributed by atoms with Crippen molar-refractivity contribution in [2.45, 2.75) is 252 Å². The topological polar surface area (TPSA) is 78.9 Å². The summed E-state index contributed by atoms with van der Waals surface area (Å²) >= 11 is 0. The molecular weight excluding hydrogens is 636 g/mol. The summed E-state index contributed by atoms with van der Waals surface area (Å²) in [5.74, 6) is -0.0397. The van der Waals surface area contributed by atoms with Crippen LogP contribution < -0.4 is 0 Å². The zero-order valence-corrected chi connectivity index (χ0v) is 34.6. The minimum Gasteiger partial charge on any atom is -0.462 e. The third-order valence-electron chi connectivity index (χ3n) is 10.0. The molecule has 0 amide bonds. The fourth-order valence-electron chi connectivity index (χ4n) is 6.63. The van der Waals surface area contributed by atoms with Gasteiger partial charge in [0, 0.05) is 19.3 Å². The highest BCUT2D eigenvalue weighted by molar-refractivity contribution is 5.71. The molecule has 51 heavy (non-hydrogen) atoms. The predicted molar refractivity (Wildman–Crippen MR) is 215 cm³/mol. The summed E-state index contributed by atoms with van der Waals surface area (Å²) in [4.78, 5) is 37.6. The lowest BCUT2D eigenvalue weighted by molar-refractivity contribution is -0.167. The second-order valence-electron chi connectivity index (χ2n) is 15.8. The van der Waals surface area contributed by atoms with Crippen LogP contribution in [0.1, 0.15) is 246 Å². The van der Waals surface area contributed by atoms with E-state index in [4.69, 9.17) is 14.2 Å². The lowest BCUT2D eigenvalue weighted by Crippen LogP contribution is -2.30. The molecule has 0 aliphatic rings. The maximum absolute atomic E-state index is 12.7. The standard InChI is InChI=1S/C45H86O6/c1-5-7-9-11-13-15-16-22-26-30-34-38-45(48)51-42(39-49-43(46)36-32-28-24-19-14-12-10-8-6-2)40-50-44(47)37-33-29-25-21-18-17-20-23-27-31-35-41(3)4/h41-42H,5-40H2,1-4H3/t42-/m0/s1. The summed E-state index contributed by atoms with van der Waals surface area (Å²) in [7, 11) is 0. The molecule has 0 aromatic heterocycles. The molecule has 0 aromatic carbocycles. The monoisotopic (exact) mass is 723 g/mol. The molecule has 0 saturated heterocycles. The summed E-state index contributed by atoms with van der Waals surface area (Å²) in [6, 6.07) is 0. The van der Waals surface area contributed by atoms with Crippen LogP contribution in [-0.4, -0.2) is 37.2 Å². The lowest BCUT2D eigenvalue weighted by Gasteiger charge is -2.18. The number of unbranched alkanes of at least 4 members (excludes halogenated alkanes) is 27. The predicted octanol–water partition coefficient (Wildman–Crippen LogP) is 13.9. The van der Waals surface area contributed by atoms with Crippen LogP contribution >= 0.6 is 0 Å². The normalized spacial score (nSPS) is 11.9. The van der Waals surface area contributed by atoms with Gasteiger partial charge >= 0.3 is 17.9 Å². The molecule has 6 heteroatoms. The number of hydrogen-bond acceptors (Lipinski definition) is 6. The van der Waals surface area contributed by atoms with Crippen LogP contribution in [0.5, 0.6) is 0 Å². The highest BCUT2D eigenvalue weighted by atomic mass is 16.6. The number of ether oxygens (including phenoxy) is 3. The molecule has 0 aromatic rings. The Morgan fingerprint density at radius 3 is 0.961 bits per heavy atom. The van der Waals surface area contributed by atoms with Gasteiger partial charge in [0.05, 0.1) is 0 Å². The summed E-state index contributed by atoms with van der Waals surface area (Å²) in [6.07, 6.45) is 38.0. The average Bonchev–Trinajstić information content (AvgIpc) is 3.11. The van der Waals surface area contributed by atoms with Crippen LogP contribution in [0, 0.1) is 5.92 Å². The summed E-state index contributed by atoms with van der Waals surface area (Å²) in [6.45, 7) is 8.96. The molecule has 0 aliphatic carbocycles. The van der Waals surface area contributed by atoms with Gasteiger partial charge in [0.15, 0.2) is 6.10 Å². The quantitative estimate of drug-likeness (QED) is 0.0356. The minimum absolute atomic E-state index is 0.0642. The van der Waals surface area contributed by atoms with Crippen LogP contribution in [-0.2, 0) is 28.6 Å². The Balaban J connectivity index is 4.31. The number of rotatable bonds is 40. The average molecular weight is 723 g/mol. The Hall–Kier alpha value is -1.59. The SMILES string of the molecule is CCCCCCCCCCCCCC(=O)O[C@@H](COC(=O)CCCCCCCCCCC)COC(=O)CCCCCCCCCCCCC(C)C. The molecule has 0 rings (SSSR count). The molecule has 0 bridgehead atoms. The van der Waals surface area contributed by atoms with E-state index in [0.717, 1.165) is 63.7 Å². The first-order chi connectivity index (χ1) is 24.9. The number of carbonyl (C=O) groups is 3. The van der Waals surface area contributed by atoms with E-state index >= 15 is 0 Å². The van der Waals surface area contributed by atoms with Crippen molar-refractivity contribution in [3.8, 4) is 0 Å². The molecule has 0 spiro atoms. The Labute approximate surface area is 317 Å². The van der Waals surface area contributed by atoms with Crippen LogP contribution in [0.15, 0.2) is 0 Å². The fourth-order valence-corrected chi connectivity index (χ4v) is 6.63. The van der Waals surface area contributed by atoms with Crippen molar-refractivity contribution in [2.75, 3.05) is 13.2 Å². The van der Waals surface area contributed by atoms with Crippen molar-refractivity contribution in [3.63, 3.8) is 0 Å². The number of esters is 3. The smallest absolute Gasteiger partial charge is 0.306 e. The molecule has 0 radical (unpaired) electrons. The van der Waals surface area contributed by atoms with Crippen molar-refractivity contribution in [3.05, 3.63) is 0 Å². The highest BCUT2D eigenvalue weighted by Gasteiger charge is 2.19. The van der Waals surface area contributed by atoms with Crippen LogP contribution in [0.4, 0.5) is 0 Å². The van der Waals surface area contributed by atoms with Crippen molar-refractivity contribution in [1.29, 1.82) is 0 Å². The summed E-state index contributed by atoms with van der Waals surface area (Å²) in [5, 5.41) is 0. The van der Waals surface area contributed by atoms with E-state index in [1.165, 1.54) is 141 Å². The van der Waals surface area contributed by atoms with E-state index in [1.807, 2.05) is 0 Å². The van der Waals surface area contributed by atoms with E-state index in [9.17, 15) is 14.4 Å². The van der Waals surface area contributed by atoms with Gasteiger partial charge in [0.1, 0.15) is 13.2 Å². The first-order valence-electron chi connectivity index (χ1n) is 22.4. The minimum atomic E-state index is -0.758. The molecule has 0 N–H and O–H groups in total. The van der Waals surface area contributed by atoms with E-state index in [-0.39, 0.29) is 31.1 Å². The van der Waals surface area contributed by atoms with Gasteiger partial charge in [0.2, 0.25) is 0 Å². The Kier molecular flexibility index (Phi) is 38.4. The molecule has 0 saturated carbocycles. The van der Waals surface area contributed by atoms with Crippen molar-refractivity contribution in [1.82, 2.24) is 0 Å². The van der Waals surface area contributed by atoms with Crippen molar-refractivity contribution < 1.29 is 28.6 Å². The highest BCUT2D eigenvalue weighted by Crippen LogP contribution is 2.16. The largest absolute Gasteiger partial charge is 0.462 e. The van der Waals surface area contributed by atoms with E-state index in [1.54, 1.807) is 0 Å². The first-order valence-corrected chi connectivity index (χ1v) is 22.4. The molecule has 6 nitrogen and oxygen atoms in total. The van der Waals surface area contributed by atoms with Crippen LogP contribution in [0.25, 0.3) is 0 Å². The summed E-state index contributed by atoms with van der Waals surface area (Å²) in [5.41, 5.74) is 0. The maximum Gasteiger partial charge on any atom is 0.306 e. The Bertz CT molecular complexity index is 766. The number of hydrogen-bond donors (Lipinski definition) is 0. The number of carbonyl (C=O) groups excluding carboxylic acids is 3. The molecule has 0 unspecified atom stereocenters. The van der Waals surface area contributed by atoms with Gasteiger partial charge in [-0.05, 0) is 25.2 Å². The second-order valence-corrected chi connectivity index (χ2v) is 15.8. The third-order valence-corrected chi connectivity index (χ3v) is 10.0. The van der Waals surface area contributed by atoms with Gasteiger partial charge in [-0.1, -0.05) is 207 Å². The van der Waals surface area contributed by atoms with Crippen molar-refractivity contribution >= 4 is 17.9 Å². The van der Waals surface area contributed by atoms with E-state index in [2.05, 4.69) is 27.7 Å². The van der Waals surface area contributed by atoms with Gasteiger partial charge in [-0.3, -0.25) is 14.4 Å². The first kappa shape index (κ1) is 49.4. The van der Waals surface area contributed by atoms with Crippen molar-refractivity contribution in [2.24, 2.45) is 5.92 Å². The zero-order valence-electron chi connectivity index (χ0n) is 34.6. The Morgan fingerprint density at radius 1 is 0.373 bits per heavy atom. The van der Waals surface area contributed by atoms with Crippen LogP contribution in [0.3, 0.4) is 0 Å². The second kappa shape index (κ2) is 39.6.